The summed E-state index contributed by atoms with van der Waals surface area (Å²) < 4.78 is 17.5. The average molecular weight is 930 g/mol. The van der Waals surface area contributed by atoms with Crippen LogP contribution in [0.4, 0.5) is 0 Å². The van der Waals surface area contributed by atoms with E-state index in [0.29, 0.717) is 26.1 Å². The Morgan fingerprint density at radius 1 is 0.318 bits per heavy atom. The number of rotatable bonds is 56. The minimum Gasteiger partial charge on any atom is -0.462 e. The number of ether oxygens (including phenoxy) is 3. The number of unbranched alkanes of at least 4 members (excludes halogenated alkanes) is 41. The minimum atomic E-state index is -0.534. The van der Waals surface area contributed by atoms with Gasteiger partial charge in [0.15, 0.2) is 6.10 Å². The largest absolute Gasteiger partial charge is 0.462 e. The van der Waals surface area contributed by atoms with Crippen LogP contribution in [0.25, 0.3) is 0 Å². The van der Waals surface area contributed by atoms with Gasteiger partial charge in [-0.1, -0.05) is 270 Å². The highest BCUT2D eigenvalue weighted by Gasteiger charge is 2.17. The van der Waals surface area contributed by atoms with E-state index in [1.54, 1.807) is 0 Å². The van der Waals surface area contributed by atoms with E-state index < -0.39 is 6.10 Å². The molecule has 0 aromatic heterocycles. The fourth-order valence-corrected chi connectivity index (χ4v) is 8.97. The second-order valence-corrected chi connectivity index (χ2v) is 20.3. The van der Waals surface area contributed by atoms with Gasteiger partial charge in [0.25, 0.3) is 0 Å². The minimum absolute atomic E-state index is 0.0890. The van der Waals surface area contributed by atoms with Gasteiger partial charge >= 0.3 is 11.9 Å². The summed E-state index contributed by atoms with van der Waals surface area (Å²) >= 11 is 0. The molecule has 0 aliphatic carbocycles. The van der Waals surface area contributed by atoms with Crippen LogP contribution in [-0.4, -0.2) is 37.9 Å². The van der Waals surface area contributed by atoms with E-state index in [9.17, 15) is 9.59 Å². The molecule has 0 amide bonds. The predicted octanol–water partition coefficient (Wildman–Crippen LogP) is 20.4. The van der Waals surface area contributed by atoms with Gasteiger partial charge in [0, 0.05) is 19.4 Å². The molecular weight excluding hydrogens is 813 g/mol. The molecule has 0 rings (SSSR count). The molecule has 0 aliphatic heterocycles. The summed E-state index contributed by atoms with van der Waals surface area (Å²) in [7, 11) is 0. The van der Waals surface area contributed by atoms with Crippen molar-refractivity contribution in [1.82, 2.24) is 0 Å². The molecule has 0 fully saturated rings. The van der Waals surface area contributed by atoms with Gasteiger partial charge in [-0.05, 0) is 70.6 Å². The van der Waals surface area contributed by atoms with Crippen LogP contribution in [-0.2, 0) is 23.8 Å². The molecule has 1 atom stereocenters. The zero-order valence-electron chi connectivity index (χ0n) is 45.0. The zero-order valence-corrected chi connectivity index (χ0v) is 45.0. The summed E-state index contributed by atoms with van der Waals surface area (Å²) in [5, 5.41) is 0. The van der Waals surface area contributed by atoms with Crippen molar-refractivity contribution in [3.05, 3.63) is 24.3 Å². The Balaban J connectivity index is 4.21. The van der Waals surface area contributed by atoms with Crippen LogP contribution < -0.4 is 0 Å². The quantitative estimate of drug-likeness (QED) is 0.0345. The Hall–Kier alpha value is -1.62. The van der Waals surface area contributed by atoms with Gasteiger partial charge in [-0.3, -0.25) is 9.59 Å². The van der Waals surface area contributed by atoms with Gasteiger partial charge < -0.3 is 14.2 Å². The second kappa shape index (κ2) is 57.7. The third-order valence-corrected chi connectivity index (χ3v) is 13.5. The van der Waals surface area contributed by atoms with Crippen LogP contribution in [0.3, 0.4) is 0 Å². The van der Waals surface area contributed by atoms with E-state index >= 15 is 0 Å². The Kier molecular flexibility index (Phi) is 56.3. The molecule has 390 valence electrons. The summed E-state index contributed by atoms with van der Waals surface area (Å²) in [6, 6.07) is 0. The summed E-state index contributed by atoms with van der Waals surface area (Å²) in [5.74, 6) is -0.379. The number of carbonyl (C=O) groups excluding carboxylic acids is 2. The smallest absolute Gasteiger partial charge is 0.306 e. The fraction of sp³-hybridized carbons (Fsp3) is 0.902. The molecule has 0 aromatic carbocycles. The van der Waals surface area contributed by atoms with E-state index in [4.69, 9.17) is 14.2 Å². The molecule has 0 heterocycles. The normalized spacial score (nSPS) is 12.2. The third kappa shape index (κ3) is 55.0. The average Bonchev–Trinajstić information content (AvgIpc) is 3.32. The molecule has 1 unspecified atom stereocenters. The highest BCUT2D eigenvalue weighted by Crippen LogP contribution is 2.17. The molecule has 0 saturated heterocycles. The van der Waals surface area contributed by atoms with Gasteiger partial charge in [-0.25, -0.2) is 0 Å². The Labute approximate surface area is 413 Å². The first-order valence-electron chi connectivity index (χ1n) is 29.9. The molecule has 5 nitrogen and oxygen atoms in total. The number of hydrogen-bond donors (Lipinski definition) is 0. The maximum Gasteiger partial charge on any atom is 0.306 e. The molecule has 0 bridgehead atoms. The van der Waals surface area contributed by atoms with E-state index in [-0.39, 0.29) is 18.5 Å². The van der Waals surface area contributed by atoms with Crippen LogP contribution in [0, 0.1) is 0 Å². The van der Waals surface area contributed by atoms with Gasteiger partial charge in [-0.2, -0.15) is 0 Å². The van der Waals surface area contributed by atoms with E-state index in [1.165, 1.54) is 257 Å². The topological polar surface area (TPSA) is 61.8 Å². The van der Waals surface area contributed by atoms with Crippen LogP contribution in [0.5, 0.6) is 0 Å². The first-order valence-corrected chi connectivity index (χ1v) is 29.9. The van der Waals surface area contributed by atoms with Gasteiger partial charge in [0.2, 0.25) is 0 Å². The number of esters is 2. The highest BCUT2D eigenvalue weighted by molar-refractivity contribution is 5.70. The Morgan fingerprint density at radius 3 is 0.939 bits per heavy atom. The Morgan fingerprint density at radius 2 is 0.591 bits per heavy atom. The zero-order chi connectivity index (χ0) is 47.7. The molecule has 66 heavy (non-hydrogen) atoms. The van der Waals surface area contributed by atoms with Gasteiger partial charge in [-0.15, -0.1) is 0 Å². The lowest BCUT2D eigenvalue weighted by Crippen LogP contribution is -2.30. The first-order chi connectivity index (χ1) is 32.6. The number of carbonyl (C=O) groups is 2. The SMILES string of the molecule is CCCCCC/C=C\CCCCCCCCOCC(COC(=O)CCCCCCCCCCC/C=C\CCCCCCCC)OC(=O)CCCCCCCCCCCCCCCCCCC. The first kappa shape index (κ1) is 64.4. The lowest BCUT2D eigenvalue weighted by Gasteiger charge is -2.18. The van der Waals surface area contributed by atoms with Crippen LogP contribution in [0.2, 0.25) is 0 Å². The molecule has 5 heteroatoms. The van der Waals surface area contributed by atoms with Crippen LogP contribution in [0.1, 0.15) is 329 Å². The summed E-state index contributed by atoms with van der Waals surface area (Å²) in [6.45, 7) is 7.87. The summed E-state index contributed by atoms with van der Waals surface area (Å²) in [6.07, 6.45) is 69.1. The van der Waals surface area contributed by atoms with Crippen molar-refractivity contribution in [1.29, 1.82) is 0 Å². The standard InChI is InChI=1S/C61H116O5/c1-4-7-10-13-16-19-22-25-28-30-31-33-34-36-39-42-45-48-51-54-60(62)65-58-59(57-64-56-53-50-47-44-41-38-27-24-21-18-15-12-9-6-3)66-61(63)55-52-49-46-43-40-37-35-32-29-26-23-20-17-14-11-8-5-2/h21,24-25,28,59H,4-20,22-23,26-27,29-58H2,1-3H3/b24-21-,28-25-. The van der Waals surface area contributed by atoms with E-state index in [2.05, 4.69) is 45.1 Å². The van der Waals surface area contributed by atoms with E-state index in [0.717, 1.165) is 38.5 Å². The number of allylic oxidation sites excluding steroid dienone is 4. The van der Waals surface area contributed by atoms with Crippen LogP contribution >= 0.6 is 0 Å². The molecule has 0 N–H and O–H groups in total. The third-order valence-electron chi connectivity index (χ3n) is 13.5. The van der Waals surface area contributed by atoms with E-state index in [1.807, 2.05) is 0 Å². The van der Waals surface area contributed by atoms with Crippen molar-refractivity contribution < 1.29 is 23.8 Å². The molecular formula is C61H116O5. The Bertz CT molecular complexity index is 1010. The van der Waals surface area contributed by atoms with Gasteiger partial charge in [0.1, 0.15) is 6.61 Å². The highest BCUT2D eigenvalue weighted by atomic mass is 16.6. The molecule has 0 saturated carbocycles. The summed E-state index contributed by atoms with van der Waals surface area (Å²) in [5.41, 5.74) is 0. The van der Waals surface area contributed by atoms with Crippen molar-refractivity contribution in [2.24, 2.45) is 0 Å². The summed E-state index contributed by atoms with van der Waals surface area (Å²) in [4.78, 5) is 25.5. The molecule has 0 spiro atoms. The lowest BCUT2D eigenvalue weighted by atomic mass is 10.0. The van der Waals surface area contributed by atoms with Crippen molar-refractivity contribution in [2.45, 2.75) is 335 Å². The van der Waals surface area contributed by atoms with Crippen molar-refractivity contribution in [3.63, 3.8) is 0 Å². The second-order valence-electron chi connectivity index (χ2n) is 20.3. The van der Waals surface area contributed by atoms with Gasteiger partial charge in [0.05, 0.1) is 6.61 Å². The molecule has 0 radical (unpaired) electrons. The molecule has 0 aliphatic rings. The number of hydrogen-bond acceptors (Lipinski definition) is 5. The maximum absolute atomic E-state index is 12.9. The van der Waals surface area contributed by atoms with Crippen molar-refractivity contribution in [2.75, 3.05) is 19.8 Å². The molecule has 0 aromatic rings. The predicted molar refractivity (Wildman–Crippen MR) is 289 cm³/mol. The fourth-order valence-electron chi connectivity index (χ4n) is 8.97. The van der Waals surface area contributed by atoms with Crippen molar-refractivity contribution in [3.8, 4) is 0 Å². The maximum atomic E-state index is 12.9. The van der Waals surface area contributed by atoms with Crippen LogP contribution in [0.15, 0.2) is 24.3 Å². The van der Waals surface area contributed by atoms with Crippen molar-refractivity contribution >= 4 is 11.9 Å². The lowest BCUT2D eigenvalue weighted by molar-refractivity contribution is -0.163. The monoisotopic (exact) mass is 929 g/mol.